The second-order valence-corrected chi connectivity index (χ2v) is 8.74. The molecule has 0 fully saturated rings. The maximum atomic E-state index is 13.9. The highest BCUT2D eigenvalue weighted by Crippen LogP contribution is 2.45. The molecule has 1 aromatic carbocycles. The number of carbonyl (C=O) groups is 2. The molecule has 7 heteroatoms. The lowest BCUT2D eigenvalue weighted by Gasteiger charge is -2.42. The van der Waals surface area contributed by atoms with Crippen molar-refractivity contribution in [3.63, 3.8) is 0 Å². The number of anilines is 1. The minimum atomic E-state index is -0.616. The van der Waals surface area contributed by atoms with Gasteiger partial charge >= 0.3 is 0 Å². The minimum absolute atomic E-state index is 0.0768. The fourth-order valence-electron chi connectivity index (χ4n) is 3.69. The van der Waals surface area contributed by atoms with Crippen molar-refractivity contribution in [1.29, 1.82) is 0 Å². The van der Waals surface area contributed by atoms with Crippen LogP contribution in [0.5, 0.6) is 0 Å². The molecule has 0 unspecified atom stereocenters. The van der Waals surface area contributed by atoms with Gasteiger partial charge in [-0.1, -0.05) is 12.1 Å². The van der Waals surface area contributed by atoms with E-state index in [9.17, 15) is 14.0 Å². The van der Waals surface area contributed by atoms with E-state index in [0.29, 0.717) is 17.0 Å². The number of carbonyl (C=O) groups excluding carboxylic acids is 2. The first-order valence-corrected chi connectivity index (χ1v) is 9.15. The molecule has 2 amide bonds. The molecular weight excluding hydrogens is 353 g/mol. The van der Waals surface area contributed by atoms with Crippen LogP contribution in [0.1, 0.15) is 58.9 Å². The Morgan fingerprint density at radius 2 is 1.88 bits per heavy atom. The van der Waals surface area contributed by atoms with E-state index in [-0.39, 0.29) is 16.6 Å². The first-order valence-electron chi connectivity index (χ1n) is 8.33. The molecule has 1 aliphatic heterocycles. The van der Waals surface area contributed by atoms with Crippen LogP contribution in [-0.2, 0) is 12.0 Å². The number of fused-ring (bicyclic) bond motifs is 1. The number of rotatable bonds is 3. The number of halogens is 1. The van der Waals surface area contributed by atoms with Gasteiger partial charge in [-0.15, -0.1) is 11.3 Å². The molecule has 2 heterocycles. The topological polar surface area (TPSA) is 84.2 Å². The number of hydrogen-bond donors (Lipinski definition) is 3. The normalized spacial score (nSPS) is 17.4. The molecule has 3 rings (SSSR count). The maximum Gasteiger partial charge on any atom is 0.259 e. The van der Waals surface area contributed by atoms with Gasteiger partial charge in [-0.05, 0) is 51.8 Å². The molecule has 0 aliphatic carbocycles. The third-order valence-electron chi connectivity index (χ3n) is 4.44. The molecule has 1 aromatic heterocycles. The van der Waals surface area contributed by atoms with Gasteiger partial charge in [0.2, 0.25) is 0 Å². The highest BCUT2D eigenvalue weighted by atomic mass is 32.1. The quantitative estimate of drug-likeness (QED) is 0.769. The van der Waals surface area contributed by atoms with Crippen LogP contribution >= 0.6 is 11.3 Å². The van der Waals surface area contributed by atoms with Gasteiger partial charge in [-0.25, -0.2) is 4.39 Å². The second kappa shape index (κ2) is 6.17. The Bertz CT molecular complexity index is 902. The summed E-state index contributed by atoms with van der Waals surface area (Å²) in [4.78, 5) is 25.6. The lowest BCUT2D eigenvalue weighted by molar-refractivity contribution is 0.0999. The van der Waals surface area contributed by atoms with E-state index in [4.69, 9.17) is 5.73 Å². The Morgan fingerprint density at radius 3 is 2.50 bits per heavy atom. The number of thiophene rings is 1. The Kier molecular flexibility index (Phi) is 4.40. The number of primary amides is 1. The van der Waals surface area contributed by atoms with Crippen LogP contribution in [-0.4, -0.2) is 17.4 Å². The maximum absolute atomic E-state index is 13.9. The molecule has 1 aliphatic rings. The largest absolute Gasteiger partial charge is 0.365 e. The van der Waals surface area contributed by atoms with E-state index < -0.39 is 17.6 Å². The third kappa shape index (κ3) is 3.24. The lowest BCUT2D eigenvalue weighted by atomic mass is 9.81. The zero-order valence-corrected chi connectivity index (χ0v) is 16.0. The summed E-state index contributed by atoms with van der Waals surface area (Å²) in [6.45, 7) is 8.16. The Morgan fingerprint density at radius 1 is 1.23 bits per heavy atom. The average molecular weight is 375 g/mol. The predicted molar refractivity (Wildman–Crippen MR) is 101 cm³/mol. The molecule has 26 heavy (non-hydrogen) atoms. The summed E-state index contributed by atoms with van der Waals surface area (Å²) in [5, 5.41) is 6.59. The van der Waals surface area contributed by atoms with Gasteiger partial charge in [0.05, 0.1) is 11.1 Å². The zero-order chi connectivity index (χ0) is 19.3. The highest BCUT2D eigenvalue weighted by Gasteiger charge is 2.41. The van der Waals surface area contributed by atoms with Gasteiger partial charge in [-0.3, -0.25) is 9.59 Å². The molecule has 0 radical (unpaired) electrons. The van der Waals surface area contributed by atoms with Crippen LogP contribution in [0, 0.1) is 5.82 Å². The number of benzene rings is 1. The standard InChI is InChI=1S/C19H22FN3O2S/c1-18(2)9-11-13(15(21)24)17(26-14(11)19(3,4)23-18)22-16(25)10-7-5-6-8-12(10)20/h5-8,23H,9H2,1-4H3,(H2,21,24)(H,22,25). The summed E-state index contributed by atoms with van der Waals surface area (Å²) in [6.07, 6.45) is 0.607. The molecular formula is C19H22FN3O2S. The lowest BCUT2D eigenvalue weighted by Crippen LogP contribution is -2.55. The number of hydrogen-bond acceptors (Lipinski definition) is 4. The van der Waals surface area contributed by atoms with Crippen molar-refractivity contribution in [3.05, 3.63) is 51.7 Å². The van der Waals surface area contributed by atoms with Crippen LogP contribution in [0.25, 0.3) is 0 Å². The number of nitrogens with two attached hydrogens (primary N) is 1. The SMILES string of the molecule is CC1(C)Cc2c(sc(NC(=O)c3ccccc3F)c2C(N)=O)C(C)(C)N1. The van der Waals surface area contributed by atoms with Crippen molar-refractivity contribution in [2.24, 2.45) is 5.73 Å². The Labute approximate surface area is 155 Å². The van der Waals surface area contributed by atoms with Crippen molar-refractivity contribution in [1.82, 2.24) is 5.32 Å². The molecule has 0 saturated heterocycles. The van der Waals surface area contributed by atoms with Crippen molar-refractivity contribution in [2.75, 3.05) is 5.32 Å². The Balaban J connectivity index is 2.07. The van der Waals surface area contributed by atoms with Crippen LogP contribution in [0.3, 0.4) is 0 Å². The van der Waals surface area contributed by atoms with Crippen LogP contribution < -0.4 is 16.4 Å². The molecule has 0 spiro atoms. The van der Waals surface area contributed by atoms with Crippen molar-refractivity contribution < 1.29 is 14.0 Å². The fraction of sp³-hybridized carbons (Fsp3) is 0.368. The Hall–Kier alpha value is -2.25. The summed E-state index contributed by atoms with van der Waals surface area (Å²) in [5.74, 6) is -1.82. The number of nitrogens with one attached hydrogen (secondary N) is 2. The highest BCUT2D eigenvalue weighted by molar-refractivity contribution is 7.17. The first kappa shape index (κ1) is 18.5. The van der Waals surface area contributed by atoms with E-state index in [2.05, 4.69) is 24.5 Å². The van der Waals surface area contributed by atoms with Crippen LogP contribution in [0.2, 0.25) is 0 Å². The van der Waals surface area contributed by atoms with E-state index in [1.165, 1.54) is 29.5 Å². The second-order valence-electron chi connectivity index (χ2n) is 7.72. The summed E-state index contributed by atoms with van der Waals surface area (Å²) < 4.78 is 13.9. The number of amides is 2. The van der Waals surface area contributed by atoms with Gasteiger partial charge in [0.1, 0.15) is 10.8 Å². The van der Waals surface area contributed by atoms with Gasteiger partial charge in [0.15, 0.2) is 0 Å². The van der Waals surface area contributed by atoms with E-state index >= 15 is 0 Å². The van der Waals surface area contributed by atoms with Crippen LogP contribution in [0.15, 0.2) is 24.3 Å². The summed E-state index contributed by atoms with van der Waals surface area (Å²) >= 11 is 1.31. The third-order valence-corrected chi connectivity index (χ3v) is 5.91. The molecule has 0 bridgehead atoms. The summed E-state index contributed by atoms with van der Waals surface area (Å²) in [6, 6.07) is 5.72. The summed E-state index contributed by atoms with van der Waals surface area (Å²) in [5.41, 5.74) is 6.10. The van der Waals surface area contributed by atoms with Crippen molar-refractivity contribution in [3.8, 4) is 0 Å². The molecule has 2 aromatic rings. The van der Waals surface area contributed by atoms with E-state index in [0.717, 1.165) is 10.4 Å². The van der Waals surface area contributed by atoms with Gasteiger partial charge in [0.25, 0.3) is 11.8 Å². The molecule has 4 N–H and O–H groups in total. The molecule has 0 saturated carbocycles. The zero-order valence-electron chi connectivity index (χ0n) is 15.2. The van der Waals surface area contributed by atoms with Gasteiger partial charge in [-0.2, -0.15) is 0 Å². The predicted octanol–water partition coefficient (Wildman–Crippen LogP) is 3.40. The van der Waals surface area contributed by atoms with Crippen molar-refractivity contribution >= 4 is 28.2 Å². The molecule has 5 nitrogen and oxygen atoms in total. The minimum Gasteiger partial charge on any atom is -0.365 e. The van der Waals surface area contributed by atoms with E-state index in [1.54, 1.807) is 6.07 Å². The molecule has 138 valence electrons. The monoisotopic (exact) mass is 375 g/mol. The fourth-order valence-corrected chi connectivity index (χ4v) is 4.97. The van der Waals surface area contributed by atoms with Crippen molar-refractivity contribution in [2.45, 2.75) is 45.2 Å². The summed E-state index contributed by atoms with van der Waals surface area (Å²) in [7, 11) is 0. The average Bonchev–Trinajstić information content (AvgIpc) is 2.84. The first-order chi connectivity index (χ1) is 12.0. The smallest absolute Gasteiger partial charge is 0.259 e. The van der Waals surface area contributed by atoms with Gasteiger partial charge in [0, 0.05) is 16.0 Å². The molecule has 0 atom stereocenters. The van der Waals surface area contributed by atoms with Crippen LogP contribution in [0.4, 0.5) is 9.39 Å². The van der Waals surface area contributed by atoms with E-state index in [1.807, 2.05) is 13.8 Å². The van der Waals surface area contributed by atoms with Gasteiger partial charge < -0.3 is 16.4 Å².